The Morgan fingerprint density at radius 1 is 1.16 bits per heavy atom. The molecule has 0 aliphatic heterocycles. The zero-order chi connectivity index (χ0) is 22.6. The summed E-state index contributed by atoms with van der Waals surface area (Å²) in [5.41, 5.74) is 0.539. The number of hydrogen-bond donors (Lipinski definition) is 2. The number of furan rings is 2. The third kappa shape index (κ3) is 5.20. The van der Waals surface area contributed by atoms with E-state index in [0.717, 1.165) is 23.5 Å². The topological polar surface area (TPSA) is 168 Å². The SMILES string of the molecule is CCOC(=O)c1c(-c2ccco2)csc1NC(=O)COC(=O)c1ccc(S(N)(=O)=O)o1. The van der Waals surface area contributed by atoms with Crippen LogP contribution in [0.5, 0.6) is 0 Å². The van der Waals surface area contributed by atoms with E-state index in [1.54, 1.807) is 24.4 Å². The summed E-state index contributed by atoms with van der Waals surface area (Å²) in [5.74, 6) is -2.51. The van der Waals surface area contributed by atoms with Crippen LogP contribution in [0.3, 0.4) is 0 Å². The zero-order valence-corrected chi connectivity index (χ0v) is 17.6. The van der Waals surface area contributed by atoms with Gasteiger partial charge in [-0.05, 0) is 31.2 Å². The van der Waals surface area contributed by atoms with Gasteiger partial charge in [-0.25, -0.2) is 23.1 Å². The van der Waals surface area contributed by atoms with Crippen molar-refractivity contribution in [1.82, 2.24) is 0 Å². The molecule has 1 amide bonds. The molecule has 3 N–H and O–H groups in total. The Kier molecular flexibility index (Phi) is 6.58. The van der Waals surface area contributed by atoms with Crippen LogP contribution in [0.1, 0.15) is 27.8 Å². The average molecular weight is 468 g/mol. The van der Waals surface area contributed by atoms with Gasteiger partial charge < -0.3 is 23.6 Å². The van der Waals surface area contributed by atoms with E-state index in [0.29, 0.717) is 11.3 Å². The van der Waals surface area contributed by atoms with Crippen molar-refractivity contribution in [2.24, 2.45) is 5.14 Å². The molecule has 3 rings (SSSR count). The number of carbonyl (C=O) groups excluding carboxylic acids is 3. The Bertz CT molecular complexity index is 1210. The van der Waals surface area contributed by atoms with Crippen LogP contribution in [-0.4, -0.2) is 39.5 Å². The lowest BCUT2D eigenvalue weighted by atomic mass is 10.1. The molecule has 3 aromatic heterocycles. The highest BCUT2D eigenvalue weighted by Crippen LogP contribution is 2.36. The highest BCUT2D eigenvalue weighted by Gasteiger charge is 2.25. The van der Waals surface area contributed by atoms with Crippen LogP contribution in [0.2, 0.25) is 0 Å². The molecular weight excluding hydrogens is 452 g/mol. The summed E-state index contributed by atoms with van der Waals surface area (Å²) < 4.78 is 42.3. The number of primary sulfonamides is 1. The zero-order valence-electron chi connectivity index (χ0n) is 15.9. The third-order valence-electron chi connectivity index (χ3n) is 3.71. The van der Waals surface area contributed by atoms with Gasteiger partial charge in [-0.15, -0.1) is 11.3 Å². The second kappa shape index (κ2) is 9.16. The first kappa shape index (κ1) is 22.3. The molecule has 164 valence electrons. The van der Waals surface area contributed by atoms with Crippen molar-refractivity contribution in [2.45, 2.75) is 12.0 Å². The monoisotopic (exact) mass is 468 g/mol. The smallest absolute Gasteiger partial charge is 0.374 e. The van der Waals surface area contributed by atoms with E-state index in [1.165, 1.54) is 6.26 Å². The van der Waals surface area contributed by atoms with Crippen LogP contribution in [0.15, 0.2) is 49.8 Å². The van der Waals surface area contributed by atoms with Gasteiger partial charge in [-0.1, -0.05) is 0 Å². The highest BCUT2D eigenvalue weighted by molar-refractivity contribution is 7.89. The molecular formula is C18H16N2O9S2. The number of amides is 1. The minimum Gasteiger partial charge on any atom is -0.464 e. The molecule has 0 atom stereocenters. The number of anilines is 1. The van der Waals surface area contributed by atoms with Gasteiger partial charge in [0, 0.05) is 10.9 Å². The summed E-state index contributed by atoms with van der Waals surface area (Å²) in [6.45, 7) is 1.05. The van der Waals surface area contributed by atoms with Crippen molar-refractivity contribution in [3.05, 3.63) is 47.2 Å². The second-order valence-corrected chi connectivity index (χ2v) is 8.21. The Labute approximate surface area is 179 Å². The van der Waals surface area contributed by atoms with Gasteiger partial charge in [0.2, 0.25) is 10.9 Å². The third-order valence-corrected chi connectivity index (χ3v) is 5.38. The maximum atomic E-state index is 12.4. The predicted molar refractivity (Wildman–Crippen MR) is 107 cm³/mol. The van der Waals surface area contributed by atoms with E-state index in [2.05, 4.69) is 5.32 Å². The standard InChI is InChI=1S/C18H16N2O9S2/c1-2-26-18(23)15-10(11-4-3-7-27-11)9-30-16(15)20-13(21)8-28-17(22)12-5-6-14(29-12)31(19,24)25/h3-7,9H,2,8H2,1H3,(H,20,21)(H2,19,24,25). The number of ether oxygens (including phenoxy) is 2. The van der Waals surface area contributed by atoms with Crippen molar-refractivity contribution in [2.75, 3.05) is 18.5 Å². The van der Waals surface area contributed by atoms with Gasteiger partial charge in [0.1, 0.15) is 16.3 Å². The van der Waals surface area contributed by atoms with Crippen molar-refractivity contribution in [3.63, 3.8) is 0 Å². The summed E-state index contributed by atoms with van der Waals surface area (Å²) >= 11 is 1.06. The van der Waals surface area contributed by atoms with Crippen LogP contribution >= 0.6 is 11.3 Å². The molecule has 0 aliphatic carbocycles. The van der Waals surface area contributed by atoms with Crippen LogP contribution in [0, 0.1) is 0 Å². The number of carbonyl (C=O) groups is 3. The fourth-order valence-electron chi connectivity index (χ4n) is 2.42. The number of nitrogens with two attached hydrogens (primary N) is 1. The van der Waals surface area contributed by atoms with Crippen molar-refractivity contribution >= 4 is 44.2 Å². The maximum Gasteiger partial charge on any atom is 0.374 e. The molecule has 0 spiro atoms. The first-order valence-electron chi connectivity index (χ1n) is 8.62. The molecule has 0 bridgehead atoms. The number of nitrogens with one attached hydrogen (secondary N) is 1. The maximum absolute atomic E-state index is 12.4. The number of sulfonamides is 1. The summed E-state index contributed by atoms with van der Waals surface area (Å²) in [4.78, 5) is 36.6. The number of rotatable bonds is 8. The van der Waals surface area contributed by atoms with Gasteiger partial charge in [0.05, 0.1) is 12.9 Å². The first-order valence-corrected chi connectivity index (χ1v) is 11.1. The van der Waals surface area contributed by atoms with Crippen LogP contribution < -0.4 is 10.5 Å². The Morgan fingerprint density at radius 2 is 1.94 bits per heavy atom. The van der Waals surface area contributed by atoms with E-state index in [1.807, 2.05) is 0 Å². The average Bonchev–Trinajstić information content (AvgIpc) is 3.45. The summed E-state index contributed by atoms with van der Waals surface area (Å²) in [7, 11) is -4.13. The van der Waals surface area contributed by atoms with E-state index in [9.17, 15) is 22.8 Å². The lowest BCUT2D eigenvalue weighted by Crippen LogP contribution is -2.21. The van der Waals surface area contributed by atoms with Crippen LogP contribution in [0.4, 0.5) is 5.00 Å². The van der Waals surface area contributed by atoms with Crippen molar-refractivity contribution in [3.8, 4) is 11.3 Å². The normalized spacial score (nSPS) is 11.2. The molecule has 13 heteroatoms. The molecule has 0 aromatic carbocycles. The highest BCUT2D eigenvalue weighted by atomic mass is 32.2. The van der Waals surface area contributed by atoms with Gasteiger partial charge in [0.25, 0.3) is 15.9 Å². The van der Waals surface area contributed by atoms with Gasteiger partial charge in [0.15, 0.2) is 6.61 Å². The fraction of sp³-hybridized carbons (Fsp3) is 0.167. The number of hydrogen-bond acceptors (Lipinski definition) is 10. The van der Waals surface area contributed by atoms with E-state index < -0.39 is 45.3 Å². The van der Waals surface area contributed by atoms with Crippen LogP contribution in [-0.2, 0) is 24.3 Å². The minimum absolute atomic E-state index is 0.102. The van der Waals surface area contributed by atoms with Gasteiger partial charge in [-0.3, -0.25) is 4.79 Å². The van der Waals surface area contributed by atoms with E-state index >= 15 is 0 Å². The molecule has 0 unspecified atom stereocenters. The molecule has 0 radical (unpaired) electrons. The lowest BCUT2D eigenvalue weighted by molar-refractivity contribution is -0.119. The van der Waals surface area contributed by atoms with Crippen molar-refractivity contribution < 1.29 is 41.1 Å². The van der Waals surface area contributed by atoms with Crippen molar-refractivity contribution in [1.29, 1.82) is 0 Å². The first-order chi connectivity index (χ1) is 14.7. The minimum atomic E-state index is -4.13. The molecule has 31 heavy (non-hydrogen) atoms. The molecule has 3 heterocycles. The van der Waals surface area contributed by atoms with Gasteiger partial charge >= 0.3 is 11.9 Å². The fourth-order valence-corrected chi connectivity index (χ4v) is 3.83. The molecule has 0 aliphatic rings. The molecule has 0 fully saturated rings. The quantitative estimate of drug-likeness (QED) is 0.471. The predicted octanol–water partition coefficient (Wildman–Crippen LogP) is 2.22. The largest absolute Gasteiger partial charge is 0.464 e. The summed E-state index contributed by atoms with van der Waals surface area (Å²) in [6.07, 6.45) is 1.44. The van der Waals surface area contributed by atoms with E-state index in [4.69, 9.17) is 23.4 Å². The Hall–Kier alpha value is -3.42. The van der Waals surface area contributed by atoms with Gasteiger partial charge in [-0.2, -0.15) is 0 Å². The molecule has 3 aromatic rings. The Morgan fingerprint density at radius 3 is 2.55 bits per heavy atom. The summed E-state index contributed by atoms with van der Waals surface area (Å²) in [6, 6.07) is 5.33. The van der Waals surface area contributed by atoms with Crippen LogP contribution in [0.25, 0.3) is 11.3 Å². The second-order valence-electron chi connectivity index (χ2n) is 5.84. The number of thiophene rings is 1. The molecule has 11 nitrogen and oxygen atoms in total. The molecule has 0 saturated heterocycles. The Balaban J connectivity index is 1.69. The summed E-state index contributed by atoms with van der Waals surface area (Å²) in [5, 5.41) is 8.55. The number of esters is 2. The van der Waals surface area contributed by atoms with E-state index in [-0.39, 0.29) is 17.2 Å². The molecule has 0 saturated carbocycles. The lowest BCUT2D eigenvalue weighted by Gasteiger charge is -2.08.